The van der Waals surface area contributed by atoms with Crippen LogP contribution in [0.3, 0.4) is 0 Å². The van der Waals surface area contributed by atoms with E-state index >= 15 is 0 Å². The van der Waals surface area contributed by atoms with Crippen LogP contribution in [0.25, 0.3) is 11.0 Å². The molecule has 128 valence electrons. The summed E-state index contributed by atoms with van der Waals surface area (Å²) >= 11 is 0. The van der Waals surface area contributed by atoms with Crippen LogP contribution < -0.4 is 9.80 Å². The molecule has 0 bridgehead atoms. The average Bonchev–Trinajstić information content (AvgIpc) is 3.43. The van der Waals surface area contributed by atoms with E-state index < -0.39 is 0 Å². The Labute approximate surface area is 147 Å². The Morgan fingerprint density at radius 2 is 1.60 bits per heavy atom. The first-order chi connectivity index (χ1) is 12.4. The molecule has 1 saturated carbocycles. The number of nitrogens with zero attached hydrogens (tertiary/aromatic N) is 6. The zero-order valence-corrected chi connectivity index (χ0v) is 14.3. The number of imidazole rings is 1. The van der Waals surface area contributed by atoms with E-state index in [9.17, 15) is 0 Å². The van der Waals surface area contributed by atoms with Crippen LogP contribution in [-0.2, 0) is 6.54 Å². The number of anilines is 2. The van der Waals surface area contributed by atoms with Crippen molar-refractivity contribution in [3.63, 3.8) is 0 Å². The third kappa shape index (κ3) is 2.81. The van der Waals surface area contributed by atoms with E-state index in [4.69, 9.17) is 4.98 Å². The van der Waals surface area contributed by atoms with E-state index in [0.717, 1.165) is 56.1 Å². The fourth-order valence-corrected chi connectivity index (χ4v) is 3.60. The van der Waals surface area contributed by atoms with Crippen molar-refractivity contribution < 1.29 is 0 Å². The first-order valence-corrected chi connectivity index (χ1v) is 9.11. The highest BCUT2D eigenvalue weighted by Crippen LogP contribution is 2.34. The quantitative estimate of drug-likeness (QED) is 0.734. The number of rotatable bonds is 4. The Balaban J connectivity index is 1.40. The highest BCUT2D eigenvalue weighted by molar-refractivity contribution is 5.79. The van der Waals surface area contributed by atoms with Crippen LogP contribution in [0.2, 0.25) is 0 Å². The first-order valence-electron chi connectivity index (χ1n) is 9.11. The van der Waals surface area contributed by atoms with Crippen LogP contribution in [0.1, 0.15) is 12.8 Å². The molecule has 0 radical (unpaired) electrons. The van der Waals surface area contributed by atoms with Gasteiger partial charge in [0.05, 0.1) is 11.0 Å². The Bertz CT molecular complexity index is 862. The number of hydrogen-bond donors (Lipinski definition) is 0. The Kier molecular flexibility index (Phi) is 3.54. The minimum Gasteiger partial charge on any atom is -0.339 e. The number of fused-ring (bicyclic) bond motifs is 1. The standard InChI is InChI=1S/C19H22N6/c1-2-5-17-16(4-1)22-19(25(17)14-15-6-7-15)24-12-10-23(11-13-24)18-20-8-3-9-21-18/h1-5,8-9,15H,6-7,10-14H2. The lowest BCUT2D eigenvalue weighted by atomic mass is 10.3. The molecule has 2 aromatic heterocycles. The van der Waals surface area contributed by atoms with Crippen LogP contribution in [-0.4, -0.2) is 45.7 Å². The summed E-state index contributed by atoms with van der Waals surface area (Å²) in [6.07, 6.45) is 6.32. The molecule has 1 aliphatic heterocycles. The van der Waals surface area contributed by atoms with Gasteiger partial charge in [-0.1, -0.05) is 12.1 Å². The van der Waals surface area contributed by atoms with Crippen molar-refractivity contribution in [1.82, 2.24) is 19.5 Å². The molecule has 2 aliphatic rings. The number of aromatic nitrogens is 4. The molecule has 6 heteroatoms. The van der Waals surface area contributed by atoms with E-state index in [-0.39, 0.29) is 0 Å². The van der Waals surface area contributed by atoms with Gasteiger partial charge < -0.3 is 14.4 Å². The third-order valence-corrected chi connectivity index (χ3v) is 5.17. The van der Waals surface area contributed by atoms with Crippen molar-refractivity contribution in [2.75, 3.05) is 36.0 Å². The van der Waals surface area contributed by atoms with Crippen molar-refractivity contribution in [3.05, 3.63) is 42.7 Å². The van der Waals surface area contributed by atoms with Gasteiger partial charge >= 0.3 is 0 Å². The predicted molar refractivity (Wildman–Crippen MR) is 98.9 cm³/mol. The smallest absolute Gasteiger partial charge is 0.225 e. The Morgan fingerprint density at radius 1 is 0.880 bits per heavy atom. The highest BCUT2D eigenvalue weighted by atomic mass is 15.4. The first kappa shape index (κ1) is 14.7. The average molecular weight is 334 g/mol. The van der Waals surface area contributed by atoms with Gasteiger partial charge in [-0.05, 0) is 37.0 Å². The topological polar surface area (TPSA) is 50.1 Å². The van der Waals surface area contributed by atoms with Gasteiger partial charge in [-0.2, -0.15) is 0 Å². The number of para-hydroxylation sites is 2. The van der Waals surface area contributed by atoms with E-state index in [2.05, 4.69) is 48.6 Å². The molecule has 5 rings (SSSR count). The maximum Gasteiger partial charge on any atom is 0.225 e. The molecule has 1 aliphatic carbocycles. The van der Waals surface area contributed by atoms with Crippen molar-refractivity contribution in [2.24, 2.45) is 5.92 Å². The summed E-state index contributed by atoms with van der Waals surface area (Å²) in [7, 11) is 0. The summed E-state index contributed by atoms with van der Waals surface area (Å²) in [5.74, 6) is 2.78. The summed E-state index contributed by atoms with van der Waals surface area (Å²) in [5.41, 5.74) is 2.37. The molecule has 25 heavy (non-hydrogen) atoms. The van der Waals surface area contributed by atoms with E-state index in [1.54, 1.807) is 0 Å². The van der Waals surface area contributed by atoms with Gasteiger partial charge in [0.1, 0.15) is 0 Å². The molecular formula is C19H22N6. The second kappa shape index (κ2) is 6.02. The van der Waals surface area contributed by atoms with Gasteiger partial charge in [0, 0.05) is 45.1 Å². The van der Waals surface area contributed by atoms with Gasteiger partial charge in [0.25, 0.3) is 0 Å². The minimum absolute atomic E-state index is 0.827. The SMILES string of the molecule is c1cnc(N2CCN(c3nc4ccccc4n3CC3CC3)CC2)nc1. The van der Waals surface area contributed by atoms with Gasteiger partial charge in [-0.15, -0.1) is 0 Å². The minimum atomic E-state index is 0.827. The maximum atomic E-state index is 4.95. The largest absolute Gasteiger partial charge is 0.339 e. The second-order valence-electron chi connectivity index (χ2n) is 6.98. The molecule has 0 amide bonds. The van der Waals surface area contributed by atoms with Crippen LogP contribution in [0, 0.1) is 5.92 Å². The van der Waals surface area contributed by atoms with Crippen molar-refractivity contribution in [1.29, 1.82) is 0 Å². The van der Waals surface area contributed by atoms with E-state index in [0.29, 0.717) is 0 Å². The summed E-state index contributed by atoms with van der Waals surface area (Å²) in [6.45, 7) is 4.85. The molecule has 2 fully saturated rings. The van der Waals surface area contributed by atoms with Crippen molar-refractivity contribution in [3.8, 4) is 0 Å². The van der Waals surface area contributed by atoms with Crippen LogP contribution in [0.4, 0.5) is 11.9 Å². The maximum absolute atomic E-state index is 4.95. The van der Waals surface area contributed by atoms with Gasteiger partial charge in [0.15, 0.2) is 0 Å². The Morgan fingerprint density at radius 3 is 2.36 bits per heavy atom. The van der Waals surface area contributed by atoms with E-state index in [1.807, 2.05) is 18.5 Å². The summed E-state index contributed by atoms with van der Waals surface area (Å²) in [5, 5.41) is 0. The number of hydrogen-bond acceptors (Lipinski definition) is 5. The van der Waals surface area contributed by atoms with E-state index in [1.165, 1.54) is 18.4 Å². The zero-order valence-electron chi connectivity index (χ0n) is 14.3. The molecule has 3 heterocycles. The van der Waals surface area contributed by atoms with Crippen LogP contribution in [0.5, 0.6) is 0 Å². The number of benzene rings is 1. The third-order valence-electron chi connectivity index (χ3n) is 5.17. The molecular weight excluding hydrogens is 312 g/mol. The zero-order chi connectivity index (χ0) is 16.6. The lowest BCUT2D eigenvalue weighted by Crippen LogP contribution is -2.48. The lowest BCUT2D eigenvalue weighted by molar-refractivity contribution is 0.587. The lowest BCUT2D eigenvalue weighted by Gasteiger charge is -2.35. The second-order valence-corrected chi connectivity index (χ2v) is 6.98. The normalized spacial score (nSPS) is 18.1. The molecule has 3 aromatic rings. The predicted octanol–water partition coefficient (Wildman–Crippen LogP) is 2.56. The van der Waals surface area contributed by atoms with Crippen LogP contribution >= 0.6 is 0 Å². The molecule has 0 atom stereocenters. The number of piperazine rings is 1. The molecule has 0 N–H and O–H groups in total. The summed E-state index contributed by atoms with van der Waals surface area (Å²) in [6, 6.07) is 10.4. The van der Waals surface area contributed by atoms with Crippen LogP contribution in [0.15, 0.2) is 42.7 Å². The molecule has 1 saturated heterocycles. The Hall–Kier alpha value is -2.63. The van der Waals surface area contributed by atoms with Gasteiger partial charge in [-0.25, -0.2) is 15.0 Å². The van der Waals surface area contributed by atoms with Gasteiger partial charge in [0.2, 0.25) is 11.9 Å². The van der Waals surface area contributed by atoms with Gasteiger partial charge in [-0.3, -0.25) is 0 Å². The summed E-state index contributed by atoms with van der Waals surface area (Å²) < 4.78 is 2.43. The molecule has 6 nitrogen and oxygen atoms in total. The molecule has 0 unspecified atom stereocenters. The fraction of sp³-hybridized carbons (Fsp3) is 0.421. The summed E-state index contributed by atoms with van der Waals surface area (Å²) in [4.78, 5) is 18.4. The fourth-order valence-electron chi connectivity index (χ4n) is 3.60. The van der Waals surface area contributed by atoms with Crippen molar-refractivity contribution in [2.45, 2.75) is 19.4 Å². The molecule has 1 aromatic carbocycles. The monoisotopic (exact) mass is 334 g/mol. The molecule has 0 spiro atoms. The van der Waals surface area contributed by atoms with Crippen molar-refractivity contribution >= 4 is 22.9 Å². The highest BCUT2D eigenvalue weighted by Gasteiger charge is 2.27.